The van der Waals surface area contributed by atoms with Gasteiger partial charge in [0.1, 0.15) is 0 Å². The van der Waals surface area contributed by atoms with Crippen molar-refractivity contribution in [2.75, 3.05) is 13.1 Å². The number of carbonyl (C=O) groups is 1. The molecule has 0 spiro atoms. The van der Waals surface area contributed by atoms with Gasteiger partial charge in [0, 0.05) is 25.5 Å². The van der Waals surface area contributed by atoms with Crippen molar-refractivity contribution in [2.24, 2.45) is 0 Å². The second kappa shape index (κ2) is 7.91. The van der Waals surface area contributed by atoms with E-state index in [0.717, 1.165) is 43.5 Å². The van der Waals surface area contributed by atoms with Gasteiger partial charge in [0.2, 0.25) is 5.91 Å². The van der Waals surface area contributed by atoms with Crippen LogP contribution in [0.3, 0.4) is 0 Å². The van der Waals surface area contributed by atoms with E-state index in [4.69, 9.17) is 0 Å². The smallest absolute Gasteiger partial charge is 0.230 e. The van der Waals surface area contributed by atoms with Crippen molar-refractivity contribution in [1.29, 1.82) is 0 Å². The first kappa shape index (κ1) is 15.7. The maximum absolute atomic E-state index is 13.2. The number of hydrogen-bond acceptors (Lipinski definition) is 2. The van der Waals surface area contributed by atoms with Gasteiger partial charge in [0.25, 0.3) is 0 Å². The molecule has 0 bridgehead atoms. The van der Waals surface area contributed by atoms with E-state index in [1.807, 2.05) is 30.3 Å². The molecule has 1 atom stereocenters. The van der Waals surface area contributed by atoms with Crippen LogP contribution in [0.1, 0.15) is 42.7 Å². The van der Waals surface area contributed by atoms with Crippen LogP contribution in [0.25, 0.3) is 0 Å². The fourth-order valence-corrected chi connectivity index (χ4v) is 3.30. The summed E-state index contributed by atoms with van der Waals surface area (Å²) in [5, 5.41) is 0. The maximum atomic E-state index is 13.2. The highest BCUT2D eigenvalue weighted by atomic mass is 16.2. The van der Waals surface area contributed by atoms with Crippen LogP contribution in [0.15, 0.2) is 54.9 Å². The molecule has 2 heterocycles. The topological polar surface area (TPSA) is 33.2 Å². The predicted octanol–water partition coefficient (Wildman–Crippen LogP) is 3.81. The van der Waals surface area contributed by atoms with E-state index in [9.17, 15) is 4.79 Å². The average Bonchev–Trinajstić information content (AvgIpc) is 2.90. The Hall–Kier alpha value is -2.16. The molecule has 0 saturated carbocycles. The van der Waals surface area contributed by atoms with Crippen molar-refractivity contribution in [1.82, 2.24) is 9.88 Å². The molecule has 1 aliphatic rings. The Labute approximate surface area is 138 Å². The van der Waals surface area contributed by atoms with Crippen molar-refractivity contribution < 1.29 is 4.79 Å². The number of benzene rings is 1. The van der Waals surface area contributed by atoms with Gasteiger partial charge in [0.15, 0.2) is 0 Å². The monoisotopic (exact) mass is 308 g/mol. The van der Waals surface area contributed by atoms with Gasteiger partial charge in [-0.25, -0.2) is 0 Å². The summed E-state index contributed by atoms with van der Waals surface area (Å²) in [4.78, 5) is 19.3. The average molecular weight is 308 g/mol. The molecule has 3 heteroatoms. The van der Waals surface area contributed by atoms with Crippen LogP contribution in [0.5, 0.6) is 0 Å². The zero-order valence-corrected chi connectivity index (χ0v) is 13.5. The summed E-state index contributed by atoms with van der Waals surface area (Å²) in [6, 6.07) is 14.2. The molecule has 3 rings (SSSR count). The number of pyridine rings is 1. The quantitative estimate of drug-likeness (QED) is 0.860. The highest BCUT2D eigenvalue weighted by Gasteiger charge is 2.26. The first-order chi connectivity index (χ1) is 11.3. The van der Waals surface area contributed by atoms with E-state index < -0.39 is 0 Å². The minimum Gasteiger partial charge on any atom is -0.342 e. The number of amides is 1. The summed E-state index contributed by atoms with van der Waals surface area (Å²) in [5.41, 5.74) is 2.27. The first-order valence-electron chi connectivity index (χ1n) is 8.57. The van der Waals surface area contributed by atoms with Gasteiger partial charge >= 0.3 is 0 Å². The molecule has 1 aliphatic heterocycles. The van der Waals surface area contributed by atoms with Crippen LogP contribution in [-0.4, -0.2) is 28.9 Å². The van der Waals surface area contributed by atoms with Crippen LogP contribution in [0.2, 0.25) is 0 Å². The molecule has 0 radical (unpaired) electrons. The lowest BCUT2D eigenvalue weighted by atomic mass is 9.91. The van der Waals surface area contributed by atoms with Gasteiger partial charge in [-0.2, -0.15) is 0 Å². The Morgan fingerprint density at radius 3 is 2.26 bits per heavy atom. The molecule has 1 aromatic carbocycles. The molecule has 0 aliphatic carbocycles. The summed E-state index contributed by atoms with van der Waals surface area (Å²) < 4.78 is 0. The molecule has 3 nitrogen and oxygen atoms in total. The summed E-state index contributed by atoms with van der Waals surface area (Å²) >= 11 is 0. The molecule has 120 valence electrons. The van der Waals surface area contributed by atoms with Gasteiger partial charge < -0.3 is 4.90 Å². The van der Waals surface area contributed by atoms with Gasteiger partial charge in [-0.15, -0.1) is 0 Å². The number of rotatable bonds is 4. The standard InChI is InChI=1S/C20H24N2O/c23-20(22-14-6-1-2-7-15-22)19(18-8-4-3-5-9-18)16-17-10-12-21-13-11-17/h3-5,8-13,19H,1-2,6-7,14-16H2. The zero-order valence-electron chi connectivity index (χ0n) is 13.5. The van der Waals surface area contributed by atoms with E-state index in [1.165, 1.54) is 12.8 Å². The molecule has 1 unspecified atom stereocenters. The summed E-state index contributed by atoms with van der Waals surface area (Å²) in [5.74, 6) is 0.173. The van der Waals surface area contributed by atoms with E-state index in [-0.39, 0.29) is 11.8 Å². The lowest BCUT2D eigenvalue weighted by molar-refractivity contribution is -0.132. The minimum absolute atomic E-state index is 0.100. The number of aromatic nitrogens is 1. The summed E-state index contributed by atoms with van der Waals surface area (Å²) in [6.07, 6.45) is 9.07. The van der Waals surface area contributed by atoms with Gasteiger partial charge in [-0.1, -0.05) is 43.2 Å². The van der Waals surface area contributed by atoms with Crippen molar-refractivity contribution in [2.45, 2.75) is 38.0 Å². The molecule has 2 aromatic rings. The van der Waals surface area contributed by atoms with Crippen molar-refractivity contribution in [3.63, 3.8) is 0 Å². The van der Waals surface area contributed by atoms with Crippen LogP contribution in [0, 0.1) is 0 Å². The van der Waals surface area contributed by atoms with E-state index >= 15 is 0 Å². The molecular formula is C20H24N2O. The third kappa shape index (κ3) is 4.19. The Kier molecular flexibility index (Phi) is 5.41. The molecule has 23 heavy (non-hydrogen) atoms. The largest absolute Gasteiger partial charge is 0.342 e. The minimum atomic E-state index is -0.100. The van der Waals surface area contributed by atoms with Crippen LogP contribution >= 0.6 is 0 Å². The van der Waals surface area contributed by atoms with Gasteiger partial charge in [-0.05, 0) is 42.5 Å². The van der Waals surface area contributed by atoms with Crippen LogP contribution in [0.4, 0.5) is 0 Å². The lowest BCUT2D eigenvalue weighted by Crippen LogP contribution is -2.36. The Morgan fingerprint density at radius 1 is 0.957 bits per heavy atom. The lowest BCUT2D eigenvalue weighted by Gasteiger charge is -2.26. The Bertz CT molecular complexity index is 604. The SMILES string of the molecule is O=C(C(Cc1ccncc1)c1ccccc1)N1CCCCCC1. The number of nitrogens with zero attached hydrogens (tertiary/aromatic N) is 2. The van der Waals surface area contributed by atoms with E-state index in [1.54, 1.807) is 12.4 Å². The third-order valence-corrected chi connectivity index (χ3v) is 4.61. The number of hydrogen-bond donors (Lipinski definition) is 0. The number of likely N-dealkylation sites (tertiary alicyclic amines) is 1. The normalized spacial score (nSPS) is 16.6. The summed E-state index contributed by atoms with van der Waals surface area (Å²) in [7, 11) is 0. The Morgan fingerprint density at radius 2 is 1.61 bits per heavy atom. The fourth-order valence-electron chi connectivity index (χ4n) is 3.30. The van der Waals surface area contributed by atoms with Crippen LogP contribution < -0.4 is 0 Å². The van der Waals surface area contributed by atoms with E-state index in [0.29, 0.717) is 0 Å². The van der Waals surface area contributed by atoms with Gasteiger partial charge in [0.05, 0.1) is 5.92 Å². The van der Waals surface area contributed by atoms with Crippen molar-refractivity contribution in [3.05, 3.63) is 66.0 Å². The maximum Gasteiger partial charge on any atom is 0.230 e. The Balaban J connectivity index is 1.83. The zero-order chi connectivity index (χ0) is 15.9. The molecule has 1 saturated heterocycles. The molecule has 1 amide bonds. The molecule has 1 aromatic heterocycles. The summed E-state index contributed by atoms with van der Waals surface area (Å²) in [6.45, 7) is 1.80. The third-order valence-electron chi connectivity index (χ3n) is 4.61. The second-order valence-electron chi connectivity index (χ2n) is 6.26. The highest BCUT2D eigenvalue weighted by molar-refractivity contribution is 5.84. The first-order valence-corrected chi connectivity index (χ1v) is 8.57. The molecule has 1 fully saturated rings. The predicted molar refractivity (Wildman–Crippen MR) is 92.2 cm³/mol. The fraction of sp³-hybridized carbons (Fsp3) is 0.400. The van der Waals surface area contributed by atoms with Gasteiger partial charge in [-0.3, -0.25) is 9.78 Å². The second-order valence-corrected chi connectivity index (χ2v) is 6.26. The molecular weight excluding hydrogens is 284 g/mol. The van der Waals surface area contributed by atoms with E-state index in [2.05, 4.69) is 22.0 Å². The van der Waals surface area contributed by atoms with Crippen molar-refractivity contribution in [3.8, 4) is 0 Å². The number of carbonyl (C=O) groups excluding carboxylic acids is 1. The molecule has 0 N–H and O–H groups in total. The van der Waals surface area contributed by atoms with Crippen LogP contribution in [-0.2, 0) is 11.2 Å². The van der Waals surface area contributed by atoms with Crippen molar-refractivity contribution >= 4 is 5.91 Å². The highest BCUT2D eigenvalue weighted by Crippen LogP contribution is 2.24.